The first kappa shape index (κ1) is 21.2. The lowest BCUT2D eigenvalue weighted by Gasteiger charge is -2.35. The van der Waals surface area contributed by atoms with Crippen LogP contribution in [0, 0.1) is 0 Å². The second-order valence-electron chi connectivity index (χ2n) is 8.80. The van der Waals surface area contributed by atoms with Gasteiger partial charge in [0.15, 0.2) is 5.82 Å². The first-order valence-corrected chi connectivity index (χ1v) is 13.1. The maximum atomic E-state index is 13.4. The average Bonchev–Trinajstić information content (AvgIpc) is 3.37. The molecule has 0 amide bonds. The largest absolute Gasteiger partial charge is 0.353 e. The fourth-order valence-electron chi connectivity index (χ4n) is 4.92. The number of fused-ring (bicyclic) bond motifs is 2. The summed E-state index contributed by atoms with van der Waals surface area (Å²) >= 11 is 0. The van der Waals surface area contributed by atoms with Crippen molar-refractivity contribution >= 4 is 26.7 Å². The zero-order chi connectivity index (χ0) is 23.1. The zero-order valence-corrected chi connectivity index (χ0v) is 19.6. The highest BCUT2D eigenvalue weighted by molar-refractivity contribution is 7.89. The Morgan fingerprint density at radius 3 is 2.47 bits per heavy atom. The number of hydrogen-bond acceptors (Lipinski definition) is 6. The first-order valence-electron chi connectivity index (χ1n) is 11.6. The number of benzene rings is 2. The van der Waals surface area contributed by atoms with E-state index in [1.54, 1.807) is 22.8 Å². The summed E-state index contributed by atoms with van der Waals surface area (Å²) in [5, 5.41) is 0.963. The molecule has 0 N–H and O–H groups in total. The lowest BCUT2D eigenvalue weighted by atomic mass is 10.1. The summed E-state index contributed by atoms with van der Waals surface area (Å²) in [4.78, 5) is 16.4. The number of piperazine rings is 1. The van der Waals surface area contributed by atoms with Crippen LogP contribution in [0.15, 0.2) is 71.9 Å². The van der Waals surface area contributed by atoms with E-state index < -0.39 is 10.0 Å². The predicted molar refractivity (Wildman–Crippen MR) is 132 cm³/mol. The van der Waals surface area contributed by atoms with Crippen molar-refractivity contribution in [2.45, 2.75) is 24.2 Å². The molecule has 0 spiro atoms. The van der Waals surface area contributed by atoms with Crippen molar-refractivity contribution < 1.29 is 8.42 Å². The van der Waals surface area contributed by atoms with Crippen LogP contribution in [0.1, 0.15) is 17.5 Å². The minimum atomic E-state index is -3.52. The van der Waals surface area contributed by atoms with Gasteiger partial charge in [0.1, 0.15) is 5.82 Å². The van der Waals surface area contributed by atoms with Crippen LogP contribution in [0.25, 0.3) is 22.3 Å². The first-order chi connectivity index (χ1) is 16.6. The van der Waals surface area contributed by atoms with Crippen LogP contribution in [-0.4, -0.2) is 53.9 Å². The van der Waals surface area contributed by atoms with Gasteiger partial charge >= 0.3 is 0 Å². The van der Waals surface area contributed by atoms with Crippen molar-refractivity contribution in [2.24, 2.45) is 0 Å². The Morgan fingerprint density at radius 2 is 1.65 bits per heavy atom. The Balaban J connectivity index is 1.28. The molecule has 2 aromatic heterocycles. The van der Waals surface area contributed by atoms with Gasteiger partial charge in [-0.15, -0.1) is 0 Å². The molecular weight excluding hydrogens is 446 g/mol. The number of aryl methyl sites for hydroxylation is 2. The molecule has 8 heteroatoms. The van der Waals surface area contributed by atoms with E-state index in [0.29, 0.717) is 36.9 Å². The fourth-order valence-corrected chi connectivity index (χ4v) is 6.40. The van der Waals surface area contributed by atoms with Gasteiger partial charge in [-0.25, -0.2) is 18.4 Å². The Labute approximate surface area is 199 Å². The monoisotopic (exact) mass is 471 g/mol. The normalized spacial score (nSPS) is 16.6. The summed E-state index contributed by atoms with van der Waals surface area (Å²) < 4.78 is 28.3. The quantitative estimate of drug-likeness (QED) is 0.452. The maximum absolute atomic E-state index is 13.4. The third-order valence-electron chi connectivity index (χ3n) is 6.75. The number of anilines is 1. The predicted octanol–water partition coefficient (Wildman–Crippen LogP) is 3.69. The molecule has 1 saturated heterocycles. The molecule has 0 bridgehead atoms. The average molecular weight is 472 g/mol. The summed E-state index contributed by atoms with van der Waals surface area (Å²) in [7, 11) is -3.52. The molecule has 0 unspecified atom stereocenters. The number of sulfonamides is 1. The molecule has 7 nitrogen and oxygen atoms in total. The smallest absolute Gasteiger partial charge is 0.243 e. The van der Waals surface area contributed by atoms with Crippen molar-refractivity contribution in [1.29, 1.82) is 0 Å². The molecule has 1 aliphatic heterocycles. The molecule has 4 aromatic rings. The van der Waals surface area contributed by atoms with Gasteiger partial charge in [0.05, 0.1) is 10.4 Å². The SMILES string of the molecule is O=S(=O)(c1ccc2c(c1)CCC2)N1CCN(c2nc(-c3cccnc3)nc3ccccc23)CC1. The highest BCUT2D eigenvalue weighted by Crippen LogP contribution is 2.30. The van der Waals surface area contributed by atoms with Gasteiger partial charge in [-0.05, 0) is 66.8 Å². The van der Waals surface area contributed by atoms with Gasteiger partial charge < -0.3 is 4.90 Å². The van der Waals surface area contributed by atoms with Gasteiger partial charge in [0.2, 0.25) is 10.0 Å². The Kier molecular flexibility index (Phi) is 5.27. The van der Waals surface area contributed by atoms with E-state index in [0.717, 1.165) is 41.5 Å². The van der Waals surface area contributed by atoms with E-state index in [2.05, 4.69) is 9.88 Å². The van der Waals surface area contributed by atoms with Crippen LogP contribution >= 0.6 is 0 Å². The molecule has 0 radical (unpaired) electrons. The summed E-state index contributed by atoms with van der Waals surface area (Å²) in [5.74, 6) is 1.45. The van der Waals surface area contributed by atoms with Crippen LogP contribution in [0.4, 0.5) is 5.82 Å². The third-order valence-corrected chi connectivity index (χ3v) is 8.64. The Morgan fingerprint density at radius 1 is 0.824 bits per heavy atom. The molecule has 1 fully saturated rings. The van der Waals surface area contributed by atoms with Gasteiger partial charge in [-0.1, -0.05) is 18.2 Å². The highest BCUT2D eigenvalue weighted by Gasteiger charge is 2.30. The molecule has 0 saturated carbocycles. The molecule has 34 heavy (non-hydrogen) atoms. The van der Waals surface area contributed by atoms with Crippen molar-refractivity contribution in [3.63, 3.8) is 0 Å². The number of rotatable bonds is 4. The lowest BCUT2D eigenvalue weighted by Crippen LogP contribution is -2.49. The van der Waals surface area contributed by atoms with Crippen LogP contribution in [-0.2, 0) is 22.9 Å². The molecule has 1 aliphatic carbocycles. The number of nitrogens with zero attached hydrogens (tertiary/aromatic N) is 5. The minimum absolute atomic E-state index is 0.410. The second kappa shape index (κ2) is 8.45. The summed E-state index contributed by atoms with van der Waals surface area (Å²) in [5.41, 5.74) is 4.17. The Hall–Kier alpha value is -3.36. The fraction of sp³-hybridized carbons (Fsp3) is 0.269. The van der Waals surface area contributed by atoms with Crippen LogP contribution in [0.2, 0.25) is 0 Å². The van der Waals surface area contributed by atoms with Crippen molar-refractivity contribution in [1.82, 2.24) is 19.3 Å². The highest BCUT2D eigenvalue weighted by atomic mass is 32.2. The van der Waals surface area contributed by atoms with E-state index >= 15 is 0 Å². The van der Waals surface area contributed by atoms with Gasteiger partial charge in [-0.2, -0.15) is 4.31 Å². The van der Waals surface area contributed by atoms with Crippen molar-refractivity contribution in [2.75, 3.05) is 31.1 Å². The number of hydrogen-bond donors (Lipinski definition) is 0. The van der Waals surface area contributed by atoms with E-state index in [9.17, 15) is 8.42 Å². The van der Waals surface area contributed by atoms with E-state index in [4.69, 9.17) is 9.97 Å². The van der Waals surface area contributed by atoms with E-state index in [1.807, 2.05) is 48.5 Å². The second-order valence-corrected chi connectivity index (χ2v) is 10.7. The minimum Gasteiger partial charge on any atom is -0.353 e. The van der Waals surface area contributed by atoms with Crippen molar-refractivity contribution in [3.8, 4) is 11.4 Å². The van der Waals surface area contributed by atoms with E-state index in [1.165, 1.54) is 11.1 Å². The van der Waals surface area contributed by atoms with Crippen molar-refractivity contribution in [3.05, 3.63) is 78.1 Å². The summed E-state index contributed by atoms with van der Waals surface area (Å²) in [6, 6.07) is 17.4. The lowest BCUT2D eigenvalue weighted by molar-refractivity contribution is 0.384. The molecule has 2 aromatic carbocycles. The molecule has 3 heterocycles. The molecular formula is C26H25N5O2S. The molecule has 6 rings (SSSR count). The number of aromatic nitrogens is 3. The van der Waals surface area contributed by atoms with Crippen LogP contribution in [0.5, 0.6) is 0 Å². The molecule has 2 aliphatic rings. The zero-order valence-electron chi connectivity index (χ0n) is 18.8. The molecule has 0 atom stereocenters. The summed E-state index contributed by atoms with van der Waals surface area (Å²) in [6.07, 6.45) is 6.60. The van der Waals surface area contributed by atoms with E-state index in [-0.39, 0.29) is 0 Å². The maximum Gasteiger partial charge on any atom is 0.243 e. The van der Waals surface area contributed by atoms with Gasteiger partial charge in [0.25, 0.3) is 0 Å². The van der Waals surface area contributed by atoms with Gasteiger partial charge in [0, 0.05) is 49.5 Å². The molecule has 172 valence electrons. The summed E-state index contributed by atoms with van der Waals surface area (Å²) in [6.45, 7) is 1.97. The Bertz CT molecular complexity index is 1470. The number of pyridine rings is 1. The topological polar surface area (TPSA) is 79.3 Å². The van der Waals surface area contributed by atoms with Gasteiger partial charge in [-0.3, -0.25) is 4.98 Å². The standard InChI is InChI=1S/C26H25N5O2S/c32-34(33,22-11-10-19-5-3-6-20(19)17-22)31-15-13-30(14-16-31)26-23-8-1-2-9-24(23)28-25(29-26)21-7-4-12-27-18-21/h1-2,4,7-12,17-18H,3,5-6,13-16H2. The van der Waals surface area contributed by atoms with Crippen LogP contribution < -0.4 is 4.90 Å². The van der Waals surface area contributed by atoms with Crippen LogP contribution in [0.3, 0.4) is 0 Å². The number of para-hydroxylation sites is 1. The third kappa shape index (κ3) is 3.73.